The Morgan fingerprint density at radius 1 is 1.17 bits per heavy atom. The van der Waals surface area contributed by atoms with Crippen molar-refractivity contribution in [3.05, 3.63) is 59.2 Å². The van der Waals surface area contributed by atoms with Crippen LogP contribution < -0.4 is 15.4 Å². The van der Waals surface area contributed by atoms with E-state index < -0.39 is 6.10 Å². The number of hydrogen-bond donors (Lipinski definition) is 2. The highest BCUT2D eigenvalue weighted by Gasteiger charge is 2.22. The molecule has 2 N–H and O–H groups in total. The molecule has 30 heavy (non-hydrogen) atoms. The molecule has 1 fully saturated rings. The fourth-order valence-electron chi connectivity index (χ4n) is 3.44. The number of anilines is 1. The third-order valence-corrected chi connectivity index (χ3v) is 5.43. The third kappa shape index (κ3) is 5.39. The van der Waals surface area contributed by atoms with E-state index in [-0.39, 0.29) is 17.9 Å². The number of ether oxygens (including phenoxy) is 2. The minimum absolute atomic E-state index is 0.0612. The lowest BCUT2D eigenvalue weighted by Gasteiger charge is -2.20. The van der Waals surface area contributed by atoms with Crippen molar-refractivity contribution in [2.75, 3.05) is 18.5 Å². The number of benzene rings is 2. The molecule has 0 bridgehead atoms. The second-order valence-electron chi connectivity index (χ2n) is 7.59. The molecule has 160 valence electrons. The van der Waals surface area contributed by atoms with Gasteiger partial charge in [0.2, 0.25) is 0 Å². The van der Waals surface area contributed by atoms with Gasteiger partial charge in [-0.2, -0.15) is 0 Å². The maximum atomic E-state index is 12.9. The fraction of sp³-hybridized carbons (Fsp3) is 0.417. The van der Waals surface area contributed by atoms with E-state index in [0.717, 1.165) is 30.6 Å². The lowest BCUT2D eigenvalue weighted by Crippen LogP contribution is -2.35. The van der Waals surface area contributed by atoms with Crippen molar-refractivity contribution in [3.8, 4) is 5.75 Å². The van der Waals surface area contributed by atoms with Crippen molar-refractivity contribution in [1.82, 2.24) is 5.32 Å². The molecular weight excluding hydrogens is 380 g/mol. The van der Waals surface area contributed by atoms with Gasteiger partial charge in [0, 0.05) is 13.2 Å². The quantitative estimate of drug-likeness (QED) is 0.689. The summed E-state index contributed by atoms with van der Waals surface area (Å²) in [6.07, 6.45) is 1.88. The molecule has 0 aliphatic carbocycles. The fourth-order valence-corrected chi connectivity index (χ4v) is 3.44. The van der Waals surface area contributed by atoms with Crippen molar-refractivity contribution in [1.29, 1.82) is 0 Å². The predicted octanol–water partition coefficient (Wildman–Crippen LogP) is 4.01. The number of aryl methyl sites for hydroxylation is 1. The van der Waals surface area contributed by atoms with Crippen LogP contribution >= 0.6 is 0 Å². The van der Waals surface area contributed by atoms with Crippen LogP contribution in [-0.2, 0) is 9.53 Å². The van der Waals surface area contributed by atoms with Crippen molar-refractivity contribution in [2.24, 2.45) is 0 Å². The molecule has 6 heteroatoms. The molecule has 2 aromatic rings. The molecule has 2 amide bonds. The number of carbonyl (C=O) groups excluding carboxylic acids is 2. The van der Waals surface area contributed by atoms with E-state index in [9.17, 15) is 9.59 Å². The Morgan fingerprint density at radius 2 is 1.97 bits per heavy atom. The molecule has 1 saturated heterocycles. The van der Waals surface area contributed by atoms with Crippen LogP contribution in [0.15, 0.2) is 42.5 Å². The normalized spacial score (nSPS) is 16.7. The van der Waals surface area contributed by atoms with Gasteiger partial charge in [0.1, 0.15) is 5.75 Å². The highest BCUT2D eigenvalue weighted by molar-refractivity contribution is 6.04. The monoisotopic (exact) mass is 410 g/mol. The molecule has 2 aromatic carbocycles. The van der Waals surface area contributed by atoms with Crippen LogP contribution in [0.5, 0.6) is 5.75 Å². The molecular formula is C24H30N2O4. The average Bonchev–Trinajstić information content (AvgIpc) is 3.27. The van der Waals surface area contributed by atoms with Crippen molar-refractivity contribution < 1.29 is 19.1 Å². The second-order valence-corrected chi connectivity index (χ2v) is 7.59. The number of amides is 2. The average molecular weight is 411 g/mol. The van der Waals surface area contributed by atoms with Crippen LogP contribution in [0.4, 0.5) is 5.69 Å². The third-order valence-electron chi connectivity index (χ3n) is 5.43. The number of carbonyl (C=O) groups is 2. The summed E-state index contributed by atoms with van der Waals surface area (Å²) in [5.74, 6) is 0.183. The molecule has 0 spiro atoms. The minimum atomic E-state index is -0.659. The lowest BCUT2D eigenvalue weighted by atomic mass is 10.1. The van der Waals surface area contributed by atoms with E-state index in [2.05, 4.69) is 10.6 Å². The largest absolute Gasteiger partial charge is 0.480 e. The Labute approximate surface area is 178 Å². The summed E-state index contributed by atoms with van der Waals surface area (Å²) in [5.41, 5.74) is 3.01. The first-order chi connectivity index (χ1) is 14.5. The van der Waals surface area contributed by atoms with Crippen molar-refractivity contribution in [2.45, 2.75) is 52.2 Å². The van der Waals surface area contributed by atoms with Gasteiger partial charge in [0.25, 0.3) is 11.8 Å². The van der Waals surface area contributed by atoms with E-state index in [1.807, 2.05) is 39.0 Å². The van der Waals surface area contributed by atoms with Crippen LogP contribution in [0.3, 0.4) is 0 Å². The molecule has 0 aromatic heterocycles. The van der Waals surface area contributed by atoms with Crippen LogP contribution in [0.25, 0.3) is 0 Å². The number of para-hydroxylation sites is 1. The standard InChI is InChI=1S/C24H30N2O4/c1-4-21(30-22-13-7-9-16(2)17(22)3)24(28)26-20-12-6-5-11-19(20)23(27)25-15-18-10-8-14-29-18/h5-7,9,11-13,18,21H,4,8,10,14-15H2,1-3H3,(H,25,27)(H,26,28)/t18-,21+/m1/s1. The molecule has 2 atom stereocenters. The van der Waals surface area contributed by atoms with Crippen molar-refractivity contribution >= 4 is 17.5 Å². The number of hydrogen-bond acceptors (Lipinski definition) is 4. The van der Waals surface area contributed by atoms with Gasteiger partial charge < -0.3 is 20.1 Å². The molecule has 1 aliphatic heterocycles. The first-order valence-corrected chi connectivity index (χ1v) is 10.5. The van der Waals surface area contributed by atoms with Crippen LogP contribution in [0.1, 0.15) is 47.7 Å². The van der Waals surface area contributed by atoms with Gasteiger partial charge in [-0.1, -0.05) is 31.2 Å². The van der Waals surface area contributed by atoms with Gasteiger partial charge in [-0.15, -0.1) is 0 Å². The van der Waals surface area contributed by atoms with Gasteiger partial charge in [0.05, 0.1) is 17.4 Å². The predicted molar refractivity (Wildman–Crippen MR) is 117 cm³/mol. The van der Waals surface area contributed by atoms with Crippen LogP contribution in [0.2, 0.25) is 0 Å². The zero-order chi connectivity index (χ0) is 21.5. The van der Waals surface area contributed by atoms with Gasteiger partial charge in [-0.25, -0.2) is 0 Å². The van der Waals surface area contributed by atoms with E-state index >= 15 is 0 Å². The summed E-state index contributed by atoms with van der Waals surface area (Å²) in [7, 11) is 0. The first kappa shape index (κ1) is 21.8. The topological polar surface area (TPSA) is 76.7 Å². The highest BCUT2D eigenvalue weighted by atomic mass is 16.5. The smallest absolute Gasteiger partial charge is 0.265 e. The Morgan fingerprint density at radius 3 is 2.70 bits per heavy atom. The minimum Gasteiger partial charge on any atom is -0.480 e. The van der Waals surface area contributed by atoms with E-state index in [1.54, 1.807) is 24.3 Å². The summed E-state index contributed by atoms with van der Waals surface area (Å²) in [5, 5.41) is 5.77. The molecule has 1 aliphatic rings. The molecule has 0 radical (unpaired) electrons. The summed E-state index contributed by atoms with van der Waals surface area (Å²) in [6.45, 7) is 7.09. The van der Waals surface area contributed by atoms with Gasteiger partial charge >= 0.3 is 0 Å². The van der Waals surface area contributed by atoms with Gasteiger partial charge in [0.15, 0.2) is 6.10 Å². The first-order valence-electron chi connectivity index (χ1n) is 10.5. The molecule has 1 heterocycles. The maximum absolute atomic E-state index is 12.9. The summed E-state index contributed by atoms with van der Waals surface area (Å²) in [4.78, 5) is 25.6. The second kappa shape index (κ2) is 10.3. The van der Waals surface area contributed by atoms with Gasteiger partial charge in [-0.05, 0) is 62.4 Å². The Kier molecular flexibility index (Phi) is 7.46. The van der Waals surface area contributed by atoms with Gasteiger partial charge in [-0.3, -0.25) is 9.59 Å². The SMILES string of the molecule is CC[C@H](Oc1cccc(C)c1C)C(=O)Nc1ccccc1C(=O)NC[C@H]1CCCO1. The van der Waals surface area contributed by atoms with E-state index in [4.69, 9.17) is 9.47 Å². The summed E-state index contributed by atoms with van der Waals surface area (Å²) in [6, 6.07) is 12.8. The van der Waals surface area contributed by atoms with Crippen molar-refractivity contribution in [3.63, 3.8) is 0 Å². The maximum Gasteiger partial charge on any atom is 0.265 e. The lowest BCUT2D eigenvalue weighted by molar-refractivity contribution is -0.122. The zero-order valence-corrected chi connectivity index (χ0v) is 17.9. The molecule has 0 unspecified atom stereocenters. The molecule has 3 rings (SSSR count). The van der Waals surface area contributed by atoms with E-state index in [0.29, 0.717) is 30.0 Å². The van der Waals surface area contributed by atoms with Crippen LogP contribution in [0, 0.1) is 13.8 Å². The van der Waals surface area contributed by atoms with E-state index in [1.165, 1.54) is 0 Å². The Bertz CT molecular complexity index is 891. The molecule has 0 saturated carbocycles. The highest BCUT2D eigenvalue weighted by Crippen LogP contribution is 2.23. The molecule has 6 nitrogen and oxygen atoms in total. The Hall–Kier alpha value is -2.86. The van der Waals surface area contributed by atoms with Crippen LogP contribution in [-0.4, -0.2) is 37.2 Å². The zero-order valence-electron chi connectivity index (χ0n) is 17.9. The Balaban J connectivity index is 1.67. The summed E-state index contributed by atoms with van der Waals surface area (Å²) >= 11 is 0. The summed E-state index contributed by atoms with van der Waals surface area (Å²) < 4.78 is 11.5. The number of nitrogens with one attached hydrogen (secondary N) is 2. The number of rotatable bonds is 8.